The molecule has 0 saturated carbocycles. The Bertz CT molecular complexity index is 733. The SMILES string of the molecule is CCOc1ccc(OCC(=O)OCC(=O)Nc2ccccc2SC)cc1. The van der Waals surface area contributed by atoms with Crippen LogP contribution in [0.25, 0.3) is 0 Å². The van der Waals surface area contributed by atoms with Crippen LogP contribution in [-0.2, 0) is 14.3 Å². The minimum absolute atomic E-state index is 0.275. The van der Waals surface area contributed by atoms with Crippen LogP contribution in [0.3, 0.4) is 0 Å². The quantitative estimate of drug-likeness (QED) is 0.535. The van der Waals surface area contributed by atoms with Gasteiger partial charge < -0.3 is 19.5 Å². The van der Waals surface area contributed by atoms with Crippen molar-refractivity contribution >= 4 is 29.3 Å². The van der Waals surface area contributed by atoms with Gasteiger partial charge in [0.25, 0.3) is 5.91 Å². The van der Waals surface area contributed by atoms with Gasteiger partial charge in [-0.3, -0.25) is 4.79 Å². The number of carbonyl (C=O) groups is 2. The lowest BCUT2D eigenvalue weighted by atomic mass is 10.3. The highest BCUT2D eigenvalue weighted by atomic mass is 32.2. The molecule has 26 heavy (non-hydrogen) atoms. The second-order valence-electron chi connectivity index (χ2n) is 5.10. The number of rotatable bonds is 9. The molecule has 0 unspecified atom stereocenters. The summed E-state index contributed by atoms with van der Waals surface area (Å²) < 4.78 is 15.6. The van der Waals surface area contributed by atoms with Crippen molar-refractivity contribution in [2.75, 3.05) is 31.4 Å². The number of nitrogens with one attached hydrogen (secondary N) is 1. The molecule has 2 aromatic carbocycles. The fraction of sp³-hybridized carbons (Fsp3) is 0.263. The van der Waals surface area contributed by atoms with Crippen molar-refractivity contribution < 1.29 is 23.8 Å². The maximum absolute atomic E-state index is 11.9. The molecule has 1 amide bonds. The highest BCUT2D eigenvalue weighted by molar-refractivity contribution is 7.98. The average molecular weight is 375 g/mol. The summed E-state index contributed by atoms with van der Waals surface area (Å²) in [7, 11) is 0. The molecule has 0 aromatic heterocycles. The molecule has 2 rings (SSSR count). The molecule has 0 radical (unpaired) electrons. The van der Waals surface area contributed by atoms with E-state index in [0.29, 0.717) is 18.0 Å². The lowest BCUT2D eigenvalue weighted by Gasteiger charge is -2.10. The van der Waals surface area contributed by atoms with Crippen molar-refractivity contribution in [1.82, 2.24) is 0 Å². The van der Waals surface area contributed by atoms with Gasteiger partial charge in [-0.05, 0) is 49.6 Å². The molecule has 0 aliphatic rings. The van der Waals surface area contributed by atoms with Gasteiger partial charge in [0.2, 0.25) is 0 Å². The third kappa shape index (κ3) is 6.33. The zero-order chi connectivity index (χ0) is 18.8. The van der Waals surface area contributed by atoms with Gasteiger partial charge >= 0.3 is 5.97 Å². The molecule has 1 N–H and O–H groups in total. The smallest absolute Gasteiger partial charge is 0.344 e. The average Bonchev–Trinajstić information content (AvgIpc) is 2.66. The van der Waals surface area contributed by atoms with Crippen LogP contribution >= 0.6 is 11.8 Å². The first-order valence-electron chi connectivity index (χ1n) is 8.06. The molecular weight excluding hydrogens is 354 g/mol. The van der Waals surface area contributed by atoms with Crippen LogP contribution < -0.4 is 14.8 Å². The van der Waals surface area contributed by atoms with Gasteiger partial charge in [-0.1, -0.05) is 12.1 Å². The first-order chi connectivity index (χ1) is 12.6. The molecule has 0 aliphatic heterocycles. The van der Waals surface area contributed by atoms with E-state index in [-0.39, 0.29) is 13.2 Å². The van der Waals surface area contributed by atoms with E-state index in [2.05, 4.69) is 5.32 Å². The van der Waals surface area contributed by atoms with E-state index in [4.69, 9.17) is 14.2 Å². The number of amides is 1. The summed E-state index contributed by atoms with van der Waals surface area (Å²) in [6.07, 6.45) is 1.92. The summed E-state index contributed by atoms with van der Waals surface area (Å²) >= 11 is 1.52. The van der Waals surface area contributed by atoms with Crippen LogP contribution in [0, 0.1) is 0 Å². The minimum atomic E-state index is -0.618. The largest absolute Gasteiger partial charge is 0.494 e. The van der Waals surface area contributed by atoms with Gasteiger partial charge in [0.05, 0.1) is 12.3 Å². The first-order valence-corrected chi connectivity index (χ1v) is 9.29. The maximum atomic E-state index is 11.9. The van der Waals surface area contributed by atoms with Crippen LogP contribution in [0.4, 0.5) is 5.69 Å². The van der Waals surface area contributed by atoms with Gasteiger partial charge in [-0.25, -0.2) is 4.79 Å². The fourth-order valence-electron chi connectivity index (χ4n) is 2.06. The fourth-order valence-corrected chi connectivity index (χ4v) is 2.62. The Labute approximate surface area is 156 Å². The van der Waals surface area contributed by atoms with Crippen molar-refractivity contribution in [1.29, 1.82) is 0 Å². The molecule has 6 nitrogen and oxygen atoms in total. The van der Waals surface area contributed by atoms with E-state index in [1.165, 1.54) is 11.8 Å². The minimum Gasteiger partial charge on any atom is -0.494 e. The second-order valence-corrected chi connectivity index (χ2v) is 5.95. The lowest BCUT2D eigenvalue weighted by molar-refractivity contribution is -0.149. The number of para-hydroxylation sites is 1. The van der Waals surface area contributed by atoms with Crippen molar-refractivity contribution in [2.45, 2.75) is 11.8 Å². The molecule has 0 saturated heterocycles. The Morgan fingerprint density at radius 1 is 0.962 bits per heavy atom. The van der Waals surface area contributed by atoms with E-state index >= 15 is 0 Å². The summed E-state index contributed by atoms with van der Waals surface area (Å²) in [4.78, 5) is 24.6. The van der Waals surface area contributed by atoms with Crippen molar-refractivity contribution in [3.05, 3.63) is 48.5 Å². The highest BCUT2D eigenvalue weighted by Crippen LogP contribution is 2.24. The predicted molar refractivity (Wildman–Crippen MR) is 101 cm³/mol. The Balaban J connectivity index is 1.73. The summed E-state index contributed by atoms with van der Waals surface area (Å²) in [5.74, 6) is 0.224. The first kappa shape index (κ1) is 19.7. The number of ether oxygens (including phenoxy) is 3. The monoisotopic (exact) mass is 375 g/mol. The van der Waals surface area contributed by atoms with Crippen LogP contribution in [-0.4, -0.2) is 38.0 Å². The Morgan fingerprint density at radius 3 is 2.27 bits per heavy atom. The zero-order valence-electron chi connectivity index (χ0n) is 14.7. The number of thioether (sulfide) groups is 1. The number of anilines is 1. The summed E-state index contributed by atoms with van der Waals surface area (Å²) in [6, 6.07) is 14.3. The number of hydrogen-bond donors (Lipinski definition) is 1. The molecule has 7 heteroatoms. The van der Waals surface area contributed by atoms with Gasteiger partial charge in [0.15, 0.2) is 13.2 Å². The molecule has 138 valence electrons. The number of hydrogen-bond acceptors (Lipinski definition) is 6. The Hall–Kier alpha value is -2.67. The normalized spacial score (nSPS) is 10.1. The predicted octanol–water partition coefficient (Wildman–Crippen LogP) is 3.37. The maximum Gasteiger partial charge on any atom is 0.344 e. The zero-order valence-corrected chi connectivity index (χ0v) is 15.5. The number of benzene rings is 2. The third-order valence-electron chi connectivity index (χ3n) is 3.24. The van der Waals surface area contributed by atoms with E-state index in [9.17, 15) is 9.59 Å². The van der Waals surface area contributed by atoms with E-state index < -0.39 is 11.9 Å². The van der Waals surface area contributed by atoms with E-state index in [1.54, 1.807) is 30.3 Å². The van der Waals surface area contributed by atoms with Crippen molar-refractivity contribution in [2.24, 2.45) is 0 Å². The summed E-state index contributed by atoms with van der Waals surface area (Å²) in [5.41, 5.74) is 0.687. The van der Waals surface area contributed by atoms with Crippen LogP contribution in [0.2, 0.25) is 0 Å². The second kappa shape index (κ2) is 10.4. The van der Waals surface area contributed by atoms with Gasteiger partial charge in [0, 0.05) is 4.90 Å². The van der Waals surface area contributed by atoms with Gasteiger partial charge in [-0.2, -0.15) is 0 Å². The van der Waals surface area contributed by atoms with Gasteiger partial charge in [-0.15, -0.1) is 11.8 Å². The molecule has 0 aliphatic carbocycles. The summed E-state index contributed by atoms with van der Waals surface area (Å²) in [5, 5.41) is 2.72. The van der Waals surface area contributed by atoms with Gasteiger partial charge in [0.1, 0.15) is 11.5 Å². The highest BCUT2D eigenvalue weighted by Gasteiger charge is 2.10. The molecule has 0 atom stereocenters. The molecular formula is C19H21NO5S. The van der Waals surface area contributed by atoms with E-state index in [0.717, 1.165) is 10.6 Å². The van der Waals surface area contributed by atoms with E-state index in [1.807, 2.05) is 31.4 Å². The topological polar surface area (TPSA) is 73.9 Å². The third-order valence-corrected chi connectivity index (χ3v) is 4.03. The Kier molecular flexibility index (Phi) is 7.82. The van der Waals surface area contributed by atoms with Crippen LogP contribution in [0.1, 0.15) is 6.92 Å². The molecule has 0 bridgehead atoms. The van der Waals surface area contributed by atoms with Crippen molar-refractivity contribution in [3.8, 4) is 11.5 Å². The molecule has 0 heterocycles. The lowest BCUT2D eigenvalue weighted by Crippen LogP contribution is -2.23. The molecule has 0 spiro atoms. The standard InChI is InChI=1S/C19H21NO5S/c1-3-23-14-8-10-15(11-9-14)24-13-19(22)25-12-18(21)20-16-6-4-5-7-17(16)26-2/h4-11H,3,12-13H2,1-2H3,(H,20,21). The number of carbonyl (C=O) groups excluding carboxylic acids is 2. The summed E-state index contributed by atoms with van der Waals surface area (Å²) in [6.45, 7) is 1.84. The molecule has 0 fully saturated rings. The Morgan fingerprint density at radius 2 is 1.62 bits per heavy atom. The van der Waals surface area contributed by atoms with Crippen LogP contribution in [0.15, 0.2) is 53.4 Å². The van der Waals surface area contributed by atoms with Crippen molar-refractivity contribution in [3.63, 3.8) is 0 Å². The van der Waals surface area contributed by atoms with Crippen LogP contribution in [0.5, 0.6) is 11.5 Å². The number of esters is 1. The molecule has 2 aromatic rings.